The molecule has 1 aromatic carbocycles. The van der Waals surface area contributed by atoms with Gasteiger partial charge in [0.25, 0.3) is 0 Å². The Balaban J connectivity index is 2.58. The lowest BCUT2D eigenvalue weighted by Gasteiger charge is -2.11. The maximum atomic E-state index is 5.35. The zero-order chi connectivity index (χ0) is 11.5. The van der Waals surface area contributed by atoms with E-state index in [0.29, 0.717) is 0 Å². The van der Waals surface area contributed by atoms with Crippen LogP contribution in [0.5, 0.6) is 11.5 Å². The molecule has 2 aromatic rings. The summed E-state index contributed by atoms with van der Waals surface area (Å²) in [5, 5.41) is 6.84. The number of aromatic amines is 1. The van der Waals surface area contributed by atoms with Crippen molar-refractivity contribution in [1.82, 2.24) is 10.2 Å². The molecule has 0 saturated carbocycles. The average molecular weight is 218 g/mol. The monoisotopic (exact) mass is 218 g/mol. The summed E-state index contributed by atoms with van der Waals surface area (Å²) in [6, 6.07) is 5.79. The number of aromatic nitrogens is 2. The molecule has 4 heteroatoms. The summed E-state index contributed by atoms with van der Waals surface area (Å²) in [6.45, 7) is 1.98. The number of benzene rings is 1. The molecule has 1 N–H and O–H groups in total. The molecule has 0 radical (unpaired) electrons. The van der Waals surface area contributed by atoms with Crippen molar-refractivity contribution in [2.75, 3.05) is 14.2 Å². The van der Waals surface area contributed by atoms with E-state index >= 15 is 0 Å². The summed E-state index contributed by atoms with van der Waals surface area (Å²) in [5.41, 5.74) is 2.90. The van der Waals surface area contributed by atoms with Crippen molar-refractivity contribution >= 4 is 0 Å². The SMILES string of the molecule is COc1cc(-c2ccn[nH]2)c(OC)cc1C. The van der Waals surface area contributed by atoms with Crippen LogP contribution in [0, 0.1) is 6.92 Å². The maximum Gasteiger partial charge on any atom is 0.128 e. The molecule has 84 valence electrons. The molecule has 2 rings (SSSR count). The molecule has 0 bridgehead atoms. The van der Waals surface area contributed by atoms with Crippen LogP contribution in [0.15, 0.2) is 24.4 Å². The Kier molecular flexibility index (Phi) is 2.81. The normalized spacial score (nSPS) is 10.2. The first-order chi connectivity index (χ1) is 7.76. The predicted molar refractivity (Wildman–Crippen MR) is 61.9 cm³/mol. The number of rotatable bonds is 3. The molecule has 16 heavy (non-hydrogen) atoms. The number of hydrogen-bond donors (Lipinski definition) is 1. The van der Waals surface area contributed by atoms with Crippen molar-refractivity contribution in [2.45, 2.75) is 6.92 Å². The second-order valence-electron chi connectivity index (χ2n) is 3.49. The van der Waals surface area contributed by atoms with Crippen LogP contribution < -0.4 is 9.47 Å². The van der Waals surface area contributed by atoms with Gasteiger partial charge in [-0.1, -0.05) is 0 Å². The Morgan fingerprint density at radius 3 is 2.44 bits per heavy atom. The number of nitrogens with one attached hydrogen (secondary N) is 1. The van der Waals surface area contributed by atoms with Crippen LogP contribution in [0.3, 0.4) is 0 Å². The summed E-state index contributed by atoms with van der Waals surface area (Å²) in [7, 11) is 3.31. The third-order valence-corrected chi connectivity index (χ3v) is 2.51. The highest BCUT2D eigenvalue weighted by Gasteiger charge is 2.11. The average Bonchev–Trinajstić information content (AvgIpc) is 2.82. The largest absolute Gasteiger partial charge is 0.496 e. The number of nitrogens with zero attached hydrogens (tertiary/aromatic N) is 1. The molecule has 0 fully saturated rings. The standard InChI is InChI=1S/C12H14N2O2/c1-8-6-12(16-3)9(7-11(8)15-2)10-4-5-13-14-10/h4-7H,1-3H3,(H,13,14). The fraction of sp³-hybridized carbons (Fsp3) is 0.250. The quantitative estimate of drug-likeness (QED) is 0.860. The summed E-state index contributed by atoms with van der Waals surface area (Å²) in [5.74, 6) is 1.65. The summed E-state index contributed by atoms with van der Waals surface area (Å²) in [4.78, 5) is 0. The van der Waals surface area contributed by atoms with Gasteiger partial charge in [-0.3, -0.25) is 5.10 Å². The van der Waals surface area contributed by atoms with Gasteiger partial charge in [0.15, 0.2) is 0 Å². The molecule has 0 saturated heterocycles. The van der Waals surface area contributed by atoms with Crippen molar-refractivity contribution in [3.63, 3.8) is 0 Å². The van der Waals surface area contributed by atoms with E-state index in [4.69, 9.17) is 9.47 Å². The van der Waals surface area contributed by atoms with Gasteiger partial charge in [0.1, 0.15) is 11.5 Å². The molecule has 0 aliphatic heterocycles. The number of methoxy groups -OCH3 is 2. The first-order valence-corrected chi connectivity index (χ1v) is 4.98. The Morgan fingerprint density at radius 2 is 1.88 bits per heavy atom. The minimum atomic E-state index is 0.808. The summed E-state index contributed by atoms with van der Waals surface area (Å²) >= 11 is 0. The molecule has 0 atom stereocenters. The number of hydrogen-bond acceptors (Lipinski definition) is 3. The lowest BCUT2D eigenvalue weighted by atomic mass is 10.1. The van der Waals surface area contributed by atoms with Gasteiger partial charge in [0.05, 0.1) is 19.9 Å². The van der Waals surface area contributed by atoms with E-state index in [9.17, 15) is 0 Å². The Labute approximate surface area is 94.2 Å². The van der Waals surface area contributed by atoms with E-state index < -0.39 is 0 Å². The lowest BCUT2D eigenvalue weighted by molar-refractivity contribution is 0.401. The third kappa shape index (κ3) is 1.74. The van der Waals surface area contributed by atoms with Gasteiger partial charge >= 0.3 is 0 Å². The van der Waals surface area contributed by atoms with E-state index in [1.54, 1.807) is 20.4 Å². The highest BCUT2D eigenvalue weighted by molar-refractivity contribution is 5.70. The fourth-order valence-electron chi connectivity index (χ4n) is 1.67. The van der Waals surface area contributed by atoms with Crippen LogP contribution in [0.1, 0.15) is 5.56 Å². The van der Waals surface area contributed by atoms with E-state index in [1.165, 1.54) is 0 Å². The summed E-state index contributed by atoms with van der Waals surface area (Å²) < 4.78 is 10.6. The predicted octanol–water partition coefficient (Wildman–Crippen LogP) is 2.40. The number of aryl methyl sites for hydroxylation is 1. The van der Waals surface area contributed by atoms with Crippen LogP contribution in [-0.4, -0.2) is 24.4 Å². The van der Waals surface area contributed by atoms with Crippen LogP contribution in [0.4, 0.5) is 0 Å². The minimum Gasteiger partial charge on any atom is -0.496 e. The zero-order valence-corrected chi connectivity index (χ0v) is 9.57. The highest BCUT2D eigenvalue weighted by atomic mass is 16.5. The summed E-state index contributed by atoms with van der Waals surface area (Å²) in [6.07, 6.45) is 1.71. The Hall–Kier alpha value is -1.97. The zero-order valence-electron chi connectivity index (χ0n) is 9.57. The molecule has 0 spiro atoms. The molecule has 0 aliphatic rings. The molecule has 1 aromatic heterocycles. The van der Waals surface area contributed by atoms with Gasteiger partial charge in [-0.15, -0.1) is 0 Å². The van der Waals surface area contributed by atoms with Gasteiger partial charge in [-0.25, -0.2) is 0 Å². The van der Waals surface area contributed by atoms with E-state index in [0.717, 1.165) is 28.3 Å². The van der Waals surface area contributed by atoms with Gasteiger partial charge in [0.2, 0.25) is 0 Å². The van der Waals surface area contributed by atoms with Crippen molar-refractivity contribution in [3.05, 3.63) is 30.0 Å². The number of H-pyrrole nitrogens is 1. The first kappa shape index (κ1) is 10.5. The van der Waals surface area contributed by atoms with Gasteiger partial charge in [-0.2, -0.15) is 5.10 Å². The second kappa shape index (κ2) is 4.26. The third-order valence-electron chi connectivity index (χ3n) is 2.51. The van der Waals surface area contributed by atoms with Gasteiger partial charge in [0, 0.05) is 11.8 Å². The smallest absolute Gasteiger partial charge is 0.128 e. The molecule has 1 heterocycles. The number of ether oxygens (including phenoxy) is 2. The lowest BCUT2D eigenvalue weighted by Crippen LogP contribution is -1.93. The van der Waals surface area contributed by atoms with E-state index in [1.807, 2.05) is 25.1 Å². The van der Waals surface area contributed by atoms with E-state index in [-0.39, 0.29) is 0 Å². The van der Waals surface area contributed by atoms with Crippen molar-refractivity contribution < 1.29 is 9.47 Å². The van der Waals surface area contributed by atoms with Crippen molar-refractivity contribution in [3.8, 4) is 22.8 Å². The van der Waals surface area contributed by atoms with Crippen molar-refractivity contribution in [2.24, 2.45) is 0 Å². The first-order valence-electron chi connectivity index (χ1n) is 4.98. The van der Waals surface area contributed by atoms with Crippen molar-refractivity contribution in [1.29, 1.82) is 0 Å². The Bertz CT molecular complexity index is 478. The maximum absolute atomic E-state index is 5.35. The van der Waals surface area contributed by atoms with Gasteiger partial charge < -0.3 is 9.47 Å². The minimum absolute atomic E-state index is 0.808. The second-order valence-corrected chi connectivity index (χ2v) is 3.49. The van der Waals surface area contributed by atoms with Crippen LogP contribution in [0.25, 0.3) is 11.3 Å². The fourth-order valence-corrected chi connectivity index (χ4v) is 1.67. The Morgan fingerprint density at radius 1 is 1.12 bits per heavy atom. The molecular weight excluding hydrogens is 204 g/mol. The van der Waals surface area contributed by atoms with E-state index in [2.05, 4.69) is 10.2 Å². The molecule has 0 amide bonds. The van der Waals surface area contributed by atoms with Crippen LogP contribution in [0.2, 0.25) is 0 Å². The van der Waals surface area contributed by atoms with Gasteiger partial charge in [-0.05, 0) is 30.7 Å². The molecule has 4 nitrogen and oxygen atoms in total. The topological polar surface area (TPSA) is 47.1 Å². The molecular formula is C12H14N2O2. The molecule has 0 aliphatic carbocycles. The molecule has 0 unspecified atom stereocenters. The van der Waals surface area contributed by atoms with Crippen LogP contribution >= 0.6 is 0 Å². The van der Waals surface area contributed by atoms with Crippen LogP contribution in [-0.2, 0) is 0 Å². The highest BCUT2D eigenvalue weighted by Crippen LogP contribution is 2.34.